The van der Waals surface area contributed by atoms with Gasteiger partial charge in [0.05, 0.1) is 16.2 Å². The van der Waals surface area contributed by atoms with Gasteiger partial charge in [-0.05, 0) is 23.4 Å². The largest absolute Gasteiger partial charge is 0.324 e. The van der Waals surface area contributed by atoms with Crippen LogP contribution in [0.1, 0.15) is 5.56 Å². The van der Waals surface area contributed by atoms with Crippen molar-refractivity contribution in [2.45, 2.75) is 13.5 Å². The van der Waals surface area contributed by atoms with E-state index in [4.69, 9.17) is 0 Å². The number of tetrazole rings is 1. The maximum absolute atomic E-state index is 11.7. The Labute approximate surface area is 107 Å². The molecule has 19 heavy (non-hydrogen) atoms. The van der Waals surface area contributed by atoms with Crippen molar-refractivity contribution in [3.8, 4) is 0 Å². The summed E-state index contributed by atoms with van der Waals surface area (Å²) in [4.78, 5) is 22.0. The van der Waals surface area contributed by atoms with Gasteiger partial charge in [0.15, 0.2) is 0 Å². The average molecular weight is 262 g/mol. The number of nitrogens with zero attached hydrogens (tertiary/aromatic N) is 5. The van der Waals surface area contributed by atoms with Gasteiger partial charge in [-0.3, -0.25) is 14.9 Å². The highest BCUT2D eigenvalue weighted by molar-refractivity contribution is 5.91. The molecule has 0 radical (unpaired) electrons. The predicted octanol–water partition coefficient (Wildman–Crippen LogP) is 0.528. The van der Waals surface area contributed by atoms with Crippen LogP contribution in [0.3, 0.4) is 0 Å². The molecule has 2 rings (SSSR count). The van der Waals surface area contributed by atoms with Crippen LogP contribution in [0.5, 0.6) is 0 Å². The fraction of sp³-hybridized carbons (Fsp3) is 0.200. The Morgan fingerprint density at radius 1 is 1.53 bits per heavy atom. The number of carbonyl (C=O) groups excluding carboxylic acids is 1. The van der Waals surface area contributed by atoms with Crippen molar-refractivity contribution >= 4 is 17.3 Å². The second-order valence-corrected chi connectivity index (χ2v) is 3.76. The monoisotopic (exact) mass is 262 g/mol. The molecule has 1 aromatic heterocycles. The molecule has 0 saturated heterocycles. The molecule has 1 aromatic carbocycles. The second-order valence-electron chi connectivity index (χ2n) is 3.76. The minimum atomic E-state index is -0.494. The Bertz CT molecular complexity index is 610. The fourth-order valence-electron chi connectivity index (χ4n) is 1.55. The molecule has 0 spiro atoms. The quantitative estimate of drug-likeness (QED) is 0.634. The lowest BCUT2D eigenvalue weighted by molar-refractivity contribution is -0.385. The third kappa shape index (κ3) is 2.89. The minimum absolute atomic E-state index is 0.0415. The topological polar surface area (TPSA) is 116 Å². The van der Waals surface area contributed by atoms with E-state index >= 15 is 0 Å². The van der Waals surface area contributed by atoms with Gasteiger partial charge >= 0.3 is 0 Å². The highest BCUT2D eigenvalue weighted by Crippen LogP contribution is 2.24. The predicted molar refractivity (Wildman–Crippen MR) is 64.3 cm³/mol. The highest BCUT2D eigenvalue weighted by atomic mass is 16.6. The van der Waals surface area contributed by atoms with E-state index in [2.05, 4.69) is 20.8 Å². The fourth-order valence-corrected chi connectivity index (χ4v) is 1.55. The van der Waals surface area contributed by atoms with E-state index in [1.807, 2.05) is 0 Å². The number of benzene rings is 1. The molecule has 0 saturated carbocycles. The zero-order chi connectivity index (χ0) is 13.8. The van der Waals surface area contributed by atoms with Crippen molar-refractivity contribution in [2.75, 3.05) is 5.32 Å². The van der Waals surface area contributed by atoms with Gasteiger partial charge in [0.25, 0.3) is 5.69 Å². The van der Waals surface area contributed by atoms with Gasteiger partial charge in [0.2, 0.25) is 5.91 Å². The molecule has 0 bridgehead atoms. The maximum Gasteiger partial charge on any atom is 0.274 e. The van der Waals surface area contributed by atoms with E-state index in [1.165, 1.54) is 23.1 Å². The van der Waals surface area contributed by atoms with Crippen LogP contribution >= 0.6 is 0 Å². The molecule has 1 N–H and O–H groups in total. The summed E-state index contributed by atoms with van der Waals surface area (Å²) in [5.41, 5.74) is 0.755. The first kappa shape index (κ1) is 12.6. The lowest BCUT2D eigenvalue weighted by atomic mass is 10.1. The Morgan fingerprint density at radius 2 is 2.32 bits per heavy atom. The maximum atomic E-state index is 11.7. The second kappa shape index (κ2) is 5.21. The van der Waals surface area contributed by atoms with Gasteiger partial charge in [-0.2, -0.15) is 0 Å². The van der Waals surface area contributed by atoms with Crippen LogP contribution in [-0.2, 0) is 11.3 Å². The number of rotatable bonds is 4. The van der Waals surface area contributed by atoms with Crippen LogP contribution in [0.15, 0.2) is 24.5 Å². The summed E-state index contributed by atoms with van der Waals surface area (Å²) in [7, 11) is 0. The van der Waals surface area contributed by atoms with Crippen LogP contribution in [0.4, 0.5) is 11.4 Å². The Balaban J connectivity index is 2.13. The number of nitro groups is 1. The van der Waals surface area contributed by atoms with Crippen molar-refractivity contribution in [2.24, 2.45) is 0 Å². The standard InChI is InChI=1S/C10H10N6O3/c1-7-8(3-2-4-9(7)16(18)19)12-10(17)5-15-6-11-13-14-15/h2-4,6H,5H2,1H3,(H,12,17). The summed E-state index contributed by atoms with van der Waals surface area (Å²) >= 11 is 0. The van der Waals surface area contributed by atoms with Crippen molar-refractivity contribution in [3.05, 3.63) is 40.2 Å². The molecule has 0 aliphatic carbocycles. The molecule has 0 aliphatic heterocycles. The van der Waals surface area contributed by atoms with E-state index in [9.17, 15) is 14.9 Å². The zero-order valence-electron chi connectivity index (χ0n) is 9.98. The minimum Gasteiger partial charge on any atom is -0.324 e. The van der Waals surface area contributed by atoms with Crippen LogP contribution in [0.2, 0.25) is 0 Å². The van der Waals surface area contributed by atoms with E-state index in [0.717, 1.165) is 0 Å². The van der Waals surface area contributed by atoms with Gasteiger partial charge in [-0.25, -0.2) is 4.68 Å². The number of nitrogens with one attached hydrogen (secondary N) is 1. The average Bonchev–Trinajstić information content (AvgIpc) is 2.84. The summed E-state index contributed by atoms with van der Waals surface area (Å²) in [6, 6.07) is 4.49. The Hall–Kier alpha value is -2.84. The Morgan fingerprint density at radius 3 is 2.95 bits per heavy atom. The van der Waals surface area contributed by atoms with Gasteiger partial charge < -0.3 is 5.32 Å². The number of hydrogen-bond donors (Lipinski definition) is 1. The third-order valence-electron chi connectivity index (χ3n) is 2.47. The van der Waals surface area contributed by atoms with Crippen LogP contribution in [0, 0.1) is 17.0 Å². The molecule has 9 nitrogen and oxygen atoms in total. The molecule has 0 unspecified atom stereocenters. The van der Waals surface area contributed by atoms with Crippen molar-refractivity contribution < 1.29 is 9.72 Å². The molecule has 0 fully saturated rings. The zero-order valence-corrected chi connectivity index (χ0v) is 9.98. The Kier molecular flexibility index (Phi) is 3.46. The van der Waals surface area contributed by atoms with Crippen LogP contribution in [0.25, 0.3) is 0 Å². The molecule has 1 amide bonds. The first-order chi connectivity index (χ1) is 9.08. The lowest BCUT2D eigenvalue weighted by Gasteiger charge is -2.08. The highest BCUT2D eigenvalue weighted by Gasteiger charge is 2.14. The molecule has 98 valence electrons. The summed E-state index contributed by atoms with van der Waals surface area (Å²) in [6.07, 6.45) is 1.31. The van der Waals surface area contributed by atoms with Crippen LogP contribution in [-0.4, -0.2) is 31.0 Å². The summed E-state index contributed by atoms with van der Waals surface area (Å²) in [5.74, 6) is -0.365. The van der Waals surface area contributed by atoms with Crippen molar-refractivity contribution in [3.63, 3.8) is 0 Å². The molecule has 0 aliphatic rings. The molecule has 0 atom stereocenters. The van der Waals surface area contributed by atoms with Gasteiger partial charge in [-0.1, -0.05) is 6.07 Å². The van der Waals surface area contributed by atoms with Gasteiger partial charge in [0, 0.05) is 6.07 Å². The van der Waals surface area contributed by atoms with Crippen molar-refractivity contribution in [1.82, 2.24) is 20.2 Å². The van der Waals surface area contributed by atoms with Crippen LogP contribution < -0.4 is 5.32 Å². The van der Waals surface area contributed by atoms with E-state index in [0.29, 0.717) is 11.3 Å². The summed E-state index contributed by atoms with van der Waals surface area (Å²) in [5, 5.41) is 23.7. The van der Waals surface area contributed by atoms with Crippen molar-refractivity contribution in [1.29, 1.82) is 0 Å². The van der Waals surface area contributed by atoms with Gasteiger partial charge in [-0.15, -0.1) is 5.10 Å². The molecular weight excluding hydrogens is 252 g/mol. The molecule has 1 heterocycles. The first-order valence-corrected chi connectivity index (χ1v) is 5.32. The molecule has 2 aromatic rings. The summed E-state index contributed by atoms with van der Waals surface area (Å²) < 4.78 is 1.25. The SMILES string of the molecule is Cc1c(NC(=O)Cn2cnnn2)cccc1[N+](=O)[O-]. The number of carbonyl (C=O) groups is 1. The number of amides is 1. The van der Waals surface area contributed by atoms with Gasteiger partial charge in [0.1, 0.15) is 12.9 Å². The molecular formula is C10H10N6O3. The normalized spacial score (nSPS) is 10.2. The van der Waals surface area contributed by atoms with E-state index < -0.39 is 4.92 Å². The smallest absolute Gasteiger partial charge is 0.274 e. The molecule has 9 heteroatoms. The summed E-state index contributed by atoms with van der Waals surface area (Å²) in [6.45, 7) is 1.51. The third-order valence-corrected chi connectivity index (χ3v) is 2.47. The van der Waals surface area contributed by atoms with E-state index in [1.54, 1.807) is 13.0 Å². The number of nitro benzene ring substituents is 1. The number of hydrogen-bond acceptors (Lipinski definition) is 6. The number of aromatic nitrogens is 4. The first-order valence-electron chi connectivity index (χ1n) is 5.32. The lowest BCUT2D eigenvalue weighted by Crippen LogP contribution is -2.19. The number of anilines is 1. The van der Waals surface area contributed by atoms with E-state index in [-0.39, 0.29) is 18.1 Å².